The Morgan fingerprint density at radius 3 is 2.57 bits per heavy atom. The van der Waals surface area contributed by atoms with Gasteiger partial charge in [-0.25, -0.2) is 0 Å². The third-order valence-corrected chi connectivity index (χ3v) is 3.48. The molecule has 1 fully saturated rings. The molecule has 14 heavy (non-hydrogen) atoms. The van der Waals surface area contributed by atoms with Crippen LogP contribution in [-0.2, 0) is 4.74 Å². The maximum atomic E-state index is 9.95. The summed E-state index contributed by atoms with van der Waals surface area (Å²) in [6.45, 7) is 2.89. The second-order valence-corrected chi connectivity index (χ2v) is 4.71. The second-order valence-electron chi connectivity index (χ2n) is 4.71. The lowest BCUT2D eigenvalue weighted by Gasteiger charge is -2.21. The quantitative estimate of drug-likeness (QED) is 0.714. The number of aliphatic hydroxyl groups excluding tert-OH is 1. The van der Waals surface area contributed by atoms with Crippen LogP contribution in [-0.4, -0.2) is 24.9 Å². The highest BCUT2D eigenvalue weighted by Gasteiger charge is 2.22. The molecule has 0 amide bonds. The molecule has 0 bridgehead atoms. The van der Waals surface area contributed by atoms with E-state index < -0.39 is 0 Å². The standard InChI is InChI=1S/C12H24O2/c1-10(7-8-14-2)12(13)9-11-5-3-4-6-11/h10-13H,3-9H2,1-2H3. The third kappa shape index (κ3) is 3.97. The monoisotopic (exact) mass is 200 g/mol. The summed E-state index contributed by atoms with van der Waals surface area (Å²) in [5.41, 5.74) is 0. The van der Waals surface area contributed by atoms with Crippen molar-refractivity contribution in [2.75, 3.05) is 13.7 Å². The van der Waals surface area contributed by atoms with Crippen LogP contribution in [0.2, 0.25) is 0 Å². The van der Waals surface area contributed by atoms with Crippen LogP contribution in [0.4, 0.5) is 0 Å². The number of rotatable bonds is 6. The zero-order valence-corrected chi connectivity index (χ0v) is 9.54. The molecule has 2 heteroatoms. The van der Waals surface area contributed by atoms with E-state index in [-0.39, 0.29) is 6.10 Å². The molecule has 0 spiro atoms. The summed E-state index contributed by atoms with van der Waals surface area (Å²) < 4.78 is 5.02. The van der Waals surface area contributed by atoms with Crippen LogP contribution < -0.4 is 0 Å². The SMILES string of the molecule is COCCC(C)C(O)CC1CCCC1. The first-order chi connectivity index (χ1) is 6.74. The van der Waals surface area contributed by atoms with Gasteiger partial charge in [-0.1, -0.05) is 32.6 Å². The summed E-state index contributed by atoms with van der Waals surface area (Å²) >= 11 is 0. The molecule has 0 aromatic carbocycles. The van der Waals surface area contributed by atoms with E-state index in [0.717, 1.165) is 25.4 Å². The van der Waals surface area contributed by atoms with Crippen molar-refractivity contribution in [1.29, 1.82) is 0 Å². The zero-order chi connectivity index (χ0) is 10.4. The summed E-state index contributed by atoms with van der Waals surface area (Å²) in [6, 6.07) is 0. The van der Waals surface area contributed by atoms with Crippen molar-refractivity contribution in [3.8, 4) is 0 Å². The summed E-state index contributed by atoms with van der Waals surface area (Å²) in [7, 11) is 1.72. The van der Waals surface area contributed by atoms with Crippen LogP contribution in [0, 0.1) is 11.8 Å². The Morgan fingerprint density at radius 1 is 1.36 bits per heavy atom. The maximum Gasteiger partial charge on any atom is 0.0569 e. The molecule has 0 aromatic heterocycles. The van der Waals surface area contributed by atoms with Crippen LogP contribution in [0.15, 0.2) is 0 Å². The van der Waals surface area contributed by atoms with Gasteiger partial charge in [0, 0.05) is 13.7 Å². The summed E-state index contributed by atoms with van der Waals surface area (Å²) in [4.78, 5) is 0. The number of aliphatic hydroxyl groups is 1. The Bertz CT molecular complexity index is 141. The van der Waals surface area contributed by atoms with Gasteiger partial charge >= 0.3 is 0 Å². The Kier molecular flexibility index (Phi) is 5.49. The Morgan fingerprint density at radius 2 is 2.00 bits per heavy atom. The molecule has 0 aliphatic heterocycles. The minimum Gasteiger partial charge on any atom is -0.393 e. The molecule has 84 valence electrons. The van der Waals surface area contributed by atoms with Gasteiger partial charge in [0.25, 0.3) is 0 Å². The van der Waals surface area contributed by atoms with Gasteiger partial charge in [0.2, 0.25) is 0 Å². The van der Waals surface area contributed by atoms with Crippen molar-refractivity contribution in [3.63, 3.8) is 0 Å². The highest BCUT2D eigenvalue weighted by molar-refractivity contribution is 4.74. The van der Waals surface area contributed by atoms with Gasteiger partial charge in [-0.15, -0.1) is 0 Å². The van der Waals surface area contributed by atoms with Crippen LogP contribution in [0.25, 0.3) is 0 Å². The summed E-state index contributed by atoms with van der Waals surface area (Å²) in [5, 5.41) is 9.95. The topological polar surface area (TPSA) is 29.5 Å². The number of hydrogen-bond donors (Lipinski definition) is 1. The van der Waals surface area contributed by atoms with Crippen molar-refractivity contribution in [1.82, 2.24) is 0 Å². The molecule has 0 saturated heterocycles. The summed E-state index contributed by atoms with van der Waals surface area (Å²) in [5.74, 6) is 1.17. The lowest BCUT2D eigenvalue weighted by atomic mass is 9.91. The highest BCUT2D eigenvalue weighted by atomic mass is 16.5. The molecule has 0 heterocycles. The van der Waals surface area contributed by atoms with Crippen molar-refractivity contribution in [2.24, 2.45) is 11.8 Å². The van der Waals surface area contributed by atoms with E-state index >= 15 is 0 Å². The van der Waals surface area contributed by atoms with Gasteiger partial charge in [-0.3, -0.25) is 0 Å². The molecule has 1 N–H and O–H groups in total. The molecular weight excluding hydrogens is 176 g/mol. The number of ether oxygens (including phenoxy) is 1. The van der Waals surface area contributed by atoms with Gasteiger partial charge in [0.05, 0.1) is 6.10 Å². The van der Waals surface area contributed by atoms with Crippen molar-refractivity contribution in [2.45, 2.75) is 51.6 Å². The molecule has 1 aliphatic carbocycles. The first-order valence-electron chi connectivity index (χ1n) is 5.91. The van der Waals surface area contributed by atoms with Gasteiger partial charge in [0.15, 0.2) is 0 Å². The van der Waals surface area contributed by atoms with Crippen LogP contribution in [0.1, 0.15) is 45.4 Å². The fraction of sp³-hybridized carbons (Fsp3) is 1.00. The van der Waals surface area contributed by atoms with Crippen molar-refractivity contribution in [3.05, 3.63) is 0 Å². The molecule has 2 unspecified atom stereocenters. The summed E-state index contributed by atoms with van der Waals surface area (Å²) in [6.07, 6.45) is 7.25. The number of methoxy groups -OCH3 is 1. The third-order valence-electron chi connectivity index (χ3n) is 3.48. The predicted octanol–water partition coefficient (Wildman–Crippen LogP) is 2.60. The van der Waals surface area contributed by atoms with Crippen LogP contribution >= 0.6 is 0 Å². The van der Waals surface area contributed by atoms with E-state index in [9.17, 15) is 5.11 Å². The molecule has 2 atom stereocenters. The van der Waals surface area contributed by atoms with E-state index in [0.29, 0.717) is 5.92 Å². The Balaban J connectivity index is 2.15. The Labute approximate surface area is 87.7 Å². The Hall–Kier alpha value is -0.0800. The lowest BCUT2D eigenvalue weighted by Crippen LogP contribution is -2.21. The minimum absolute atomic E-state index is 0.117. The molecule has 0 aromatic rings. The predicted molar refractivity (Wildman–Crippen MR) is 58.2 cm³/mol. The smallest absolute Gasteiger partial charge is 0.0569 e. The largest absolute Gasteiger partial charge is 0.393 e. The van der Waals surface area contributed by atoms with Gasteiger partial charge in [-0.05, 0) is 24.7 Å². The second kappa shape index (κ2) is 6.41. The normalized spacial score (nSPS) is 22.5. The van der Waals surface area contributed by atoms with Gasteiger partial charge < -0.3 is 9.84 Å². The molecule has 0 radical (unpaired) electrons. The fourth-order valence-electron chi connectivity index (χ4n) is 2.32. The van der Waals surface area contributed by atoms with E-state index in [1.54, 1.807) is 7.11 Å². The average Bonchev–Trinajstić information content (AvgIpc) is 2.66. The maximum absolute atomic E-state index is 9.95. The zero-order valence-electron chi connectivity index (χ0n) is 9.54. The lowest BCUT2D eigenvalue weighted by molar-refractivity contribution is 0.0691. The molecular formula is C12H24O2. The van der Waals surface area contributed by atoms with Crippen molar-refractivity contribution >= 4 is 0 Å². The molecule has 2 nitrogen and oxygen atoms in total. The van der Waals surface area contributed by atoms with Crippen LogP contribution in [0.5, 0.6) is 0 Å². The van der Waals surface area contributed by atoms with E-state index in [1.807, 2.05) is 0 Å². The highest BCUT2D eigenvalue weighted by Crippen LogP contribution is 2.30. The van der Waals surface area contributed by atoms with Gasteiger partial charge in [0.1, 0.15) is 0 Å². The van der Waals surface area contributed by atoms with Crippen molar-refractivity contribution < 1.29 is 9.84 Å². The molecule has 1 rings (SSSR count). The van der Waals surface area contributed by atoms with E-state index in [4.69, 9.17) is 4.74 Å². The first kappa shape index (κ1) is 12.0. The number of hydrogen-bond acceptors (Lipinski definition) is 2. The van der Waals surface area contributed by atoms with E-state index in [2.05, 4.69) is 6.92 Å². The fourth-order valence-corrected chi connectivity index (χ4v) is 2.32. The average molecular weight is 200 g/mol. The van der Waals surface area contributed by atoms with Gasteiger partial charge in [-0.2, -0.15) is 0 Å². The van der Waals surface area contributed by atoms with E-state index in [1.165, 1.54) is 25.7 Å². The molecule has 1 aliphatic rings. The minimum atomic E-state index is -0.117. The molecule has 1 saturated carbocycles. The van der Waals surface area contributed by atoms with Crippen LogP contribution in [0.3, 0.4) is 0 Å². The first-order valence-corrected chi connectivity index (χ1v) is 5.91.